The highest BCUT2D eigenvalue weighted by molar-refractivity contribution is 5.80. The van der Waals surface area contributed by atoms with E-state index in [1.807, 2.05) is 48.5 Å². The molecule has 5 nitrogen and oxygen atoms in total. The molecule has 2 atom stereocenters. The third-order valence-electron chi connectivity index (χ3n) is 4.13. The van der Waals surface area contributed by atoms with Crippen LogP contribution in [0.15, 0.2) is 60.7 Å². The maximum absolute atomic E-state index is 12.7. The maximum atomic E-state index is 12.7. The number of carbonyl (C=O) groups excluding carboxylic acids is 2. The van der Waals surface area contributed by atoms with Crippen molar-refractivity contribution in [1.29, 1.82) is 0 Å². The molecule has 0 aliphatic carbocycles. The van der Waals surface area contributed by atoms with Crippen molar-refractivity contribution in [2.45, 2.75) is 32.4 Å². The molecule has 0 unspecified atom stereocenters. The minimum atomic E-state index is -0.985. The zero-order valence-corrected chi connectivity index (χ0v) is 14.9. The van der Waals surface area contributed by atoms with Gasteiger partial charge < -0.3 is 15.2 Å². The Morgan fingerprint density at radius 3 is 2.27 bits per heavy atom. The zero-order valence-electron chi connectivity index (χ0n) is 14.9. The van der Waals surface area contributed by atoms with Crippen LogP contribution in [0, 0.1) is 5.92 Å². The Kier molecular flexibility index (Phi) is 7.83. The molecule has 2 N–H and O–H groups in total. The number of carbonyl (C=O) groups is 2. The average Bonchev–Trinajstić information content (AvgIpc) is 2.68. The largest absolute Gasteiger partial charge is 0.466 e. The van der Waals surface area contributed by atoms with Crippen molar-refractivity contribution in [1.82, 2.24) is 5.32 Å². The molecule has 0 radical (unpaired) electrons. The monoisotopic (exact) mass is 355 g/mol. The second-order valence-electron chi connectivity index (χ2n) is 6.01. The summed E-state index contributed by atoms with van der Waals surface area (Å²) in [5.74, 6) is -1.38. The number of aliphatic hydroxyl groups is 1. The van der Waals surface area contributed by atoms with E-state index < -0.39 is 12.0 Å². The fourth-order valence-corrected chi connectivity index (χ4v) is 2.74. The second kappa shape index (κ2) is 10.4. The predicted molar refractivity (Wildman–Crippen MR) is 99.0 cm³/mol. The highest BCUT2D eigenvalue weighted by atomic mass is 16.5. The van der Waals surface area contributed by atoms with E-state index in [0.29, 0.717) is 18.7 Å². The lowest BCUT2D eigenvalue weighted by atomic mass is 9.90. The Morgan fingerprint density at radius 2 is 1.65 bits per heavy atom. The van der Waals surface area contributed by atoms with Gasteiger partial charge in [0.15, 0.2) is 0 Å². The standard InChI is InChI=1S/C21H25NO4/c1-2-26-19(23)14-13-18(20(24)17-11-7-4-8-12-17)21(25)22-15-16-9-5-3-6-10-16/h3-12,18,20,24H,2,13-15H2,1H3,(H,22,25)/t18-,20-/m1/s1. The zero-order chi connectivity index (χ0) is 18.8. The van der Waals surface area contributed by atoms with E-state index in [1.165, 1.54) is 0 Å². The summed E-state index contributed by atoms with van der Waals surface area (Å²) in [5, 5.41) is 13.5. The first-order chi connectivity index (χ1) is 12.6. The smallest absolute Gasteiger partial charge is 0.305 e. The molecule has 2 rings (SSSR count). The predicted octanol–water partition coefficient (Wildman–Crippen LogP) is 3.00. The third kappa shape index (κ3) is 6.01. The topological polar surface area (TPSA) is 75.6 Å². The molecule has 5 heteroatoms. The van der Waals surface area contributed by atoms with Crippen LogP contribution in [0.4, 0.5) is 0 Å². The molecule has 138 valence electrons. The Morgan fingerprint density at radius 1 is 1.04 bits per heavy atom. The van der Waals surface area contributed by atoms with Crippen molar-refractivity contribution in [3.8, 4) is 0 Å². The van der Waals surface area contributed by atoms with Gasteiger partial charge in [-0.1, -0.05) is 60.7 Å². The normalized spacial score (nSPS) is 12.8. The van der Waals surface area contributed by atoms with Crippen molar-refractivity contribution in [3.63, 3.8) is 0 Å². The van der Waals surface area contributed by atoms with Crippen molar-refractivity contribution in [2.24, 2.45) is 5.92 Å². The van der Waals surface area contributed by atoms with E-state index in [-0.39, 0.29) is 24.7 Å². The lowest BCUT2D eigenvalue weighted by Gasteiger charge is -2.22. The van der Waals surface area contributed by atoms with Crippen LogP contribution >= 0.6 is 0 Å². The van der Waals surface area contributed by atoms with Gasteiger partial charge in [-0.15, -0.1) is 0 Å². The van der Waals surface area contributed by atoms with Gasteiger partial charge in [-0.05, 0) is 24.5 Å². The molecule has 0 heterocycles. The first-order valence-electron chi connectivity index (χ1n) is 8.82. The summed E-state index contributed by atoms with van der Waals surface area (Å²) in [7, 11) is 0. The van der Waals surface area contributed by atoms with Crippen molar-refractivity contribution in [3.05, 3.63) is 71.8 Å². The molecule has 26 heavy (non-hydrogen) atoms. The van der Waals surface area contributed by atoms with Crippen LogP contribution in [-0.4, -0.2) is 23.6 Å². The number of benzene rings is 2. The summed E-state index contributed by atoms with van der Waals surface area (Å²) < 4.78 is 4.93. The van der Waals surface area contributed by atoms with Crippen molar-refractivity contribution in [2.75, 3.05) is 6.61 Å². The molecule has 0 fully saturated rings. The average molecular weight is 355 g/mol. The van der Waals surface area contributed by atoms with Crippen LogP contribution in [0.5, 0.6) is 0 Å². The van der Waals surface area contributed by atoms with Gasteiger partial charge >= 0.3 is 5.97 Å². The first kappa shape index (κ1) is 19.7. The van der Waals surface area contributed by atoms with Gasteiger partial charge in [0.05, 0.1) is 18.6 Å². The number of aliphatic hydroxyl groups excluding tert-OH is 1. The minimum absolute atomic E-state index is 0.0845. The molecule has 0 spiro atoms. The molecule has 0 aromatic heterocycles. The Hall–Kier alpha value is -2.66. The lowest BCUT2D eigenvalue weighted by molar-refractivity contribution is -0.144. The molecule has 0 bridgehead atoms. The van der Waals surface area contributed by atoms with Gasteiger partial charge in [0.25, 0.3) is 0 Å². The molecule has 0 aliphatic heterocycles. The number of hydrogen-bond donors (Lipinski definition) is 2. The second-order valence-corrected chi connectivity index (χ2v) is 6.01. The summed E-state index contributed by atoms with van der Waals surface area (Å²) in [6.07, 6.45) is -0.683. The Balaban J connectivity index is 2.05. The van der Waals surface area contributed by atoms with E-state index in [9.17, 15) is 14.7 Å². The van der Waals surface area contributed by atoms with E-state index in [2.05, 4.69) is 5.32 Å². The summed E-state index contributed by atoms with van der Waals surface area (Å²) in [4.78, 5) is 24.4. The molecule has 2 aromatic carbocycles. The summed E-state index contributed by atoms with van der Waals surface area (Å²) in [6.45, 7) is 2.41. The van der Waals surface area contributed by atoms with Gasteiger partial charge in [0, 0.05) is 13.0 Å². The number of amides is 1. The van der Waals surface area contributed by atoms with E-state index in [1.54, 1.807) is 19.1 Å². The van der Waals surface area contributed by atoms with E-state index in [4.69, 9.17) is 4.74 Å². The Labute approximate surface area is 154 Å². The van der Waals surface area contributed by atoms with Crippen LogP contribution in [-0.2, 0) is 20.9 Å². The molecular weight excluding hydrogens is 330 g/mol. The summed E-state index contributed by atoms with van der Waals surface area (Å²) in [5.41, 5.74) is 1.62. The van der Waals surface area contributed by atoms with Crippen molar-refractivity contribution >= 4 is 11.9 Å². The number of hydrogen-bond acceptors (Lipinski definition) is 4. The molecule has 0 saturated carbocycles. The van der Waals surface area contributed by atoms with Gasteiger partial charge in [-0.2, -0.15) is 0 Å². The van der Waals surface area contributed by atoms with Gasteiger partial charge in [-0.3, -0.25) is 9.59 Å². The molecule has 2 aromatic rings. The summed E-state index contributed by atoms with van der Waals surface area (Å²) >= 11 is 0. The molecule has 0 saturated heterocycles. The number of esters is 1. The highest BCUT2D eigenvalue weighted by Gasteiger charge is 2.28. The third-order valence-corrected chi connectivity index (χ3v) is 4.13. The fourth-order valence-electron chi connectivity index (χ4n) is 2.74. The van der Waals surface area contributed by atoms with Crippen LogP contribution < -0.4 is 5.32 Å². The number of ether oxygens (including phenoxy) is 1. The first-order valence-corrected chi connectivity index (χ1v) is 8.82. The molecule has 1 amide bonds. The van der Waals surface area contributed by atoms with Gasteiger partial charge in [0.2, 0.25) is 5.91 Å². The van der Waals surface area contributed by atoms with Crippen LogP contribution in [0.2, 0.25) is 0 Å². The van der Waals surface area contributed by atoms with Crippen LogP contribution in [0.25, 0.3) is 0 Å². The lowest BCUT2D eigenvalue weighted by Crippen LogP contribution is -2.34. The fraction of sp³-hybridized carbons (Fsp3) is 0.333. The molecular formula is C21H25NO4. The minimum Gasteiger partial charge on any atom is -0.466 e. The van der Waals surface area contributed by atoms with E-state index in [0.717, 1.165) is 5.56 Å². The van der Waals surface area contributed by atoms with E-state index >= 15 is 0 Å². The van der Waals surface area contributed by atoms with Crippen molar-refractivity contribution < 1.29 is 19.4 Å². The number of nitrogens with one attached hydrogen (secondary N) is 1. The summed E-state index contributed by atoms with van der Waals surface area (Å²) in [6, 6.07) is 18.6. The van der Waals surface area contributed by atoms with Crippen LogP contribution in [0.3, 0.4) is 0 Å². The number of rotatable bonds is 9. The highest BCUT2D eigenvalue weighted by Crippen LogP contribution is 2.26. The quantitative estimate of drug-likeness (QED) is 0.678. The Bertz CT molecular complexity index is 688. The van der Waals surface area contributed by atoms with Crippen LogP contribution in [0.1, 0.15) is 37.0 Å². The molecule has 0 aliphatic rings. The SMILES string of the molecule is CCOC(=O)CC[C@@H](C(=O)NCc1ccccc1)[C@H](O)c1ccccc1. The van der Waals surface area contributed by atoms with Gasteiger partial charge in [-0.25, -0.2) is 0 Å². The maximum Gasteiger partial charge on any atom is 0.305 e. The van der Waals surface area contributed by atoms with Gasteiger partial charge in [0.1, 0.15) is 0 Å².